The van der Waals surface area contributed by atoms with Crippen LogP contribution >= 0.6 is 0 Å². The Morgan fingerprint density at radius 3 is 2.44 bits per heavy atom. The fraction of sp³-hybridized carbons (Fsp3) is 0.333. The smallest absolute Gasteiger partial charge is 0.265 e. The molecule has 134 valence electrons. The summed E-state index contributed by atoms with van der Waals surface area (Å²) in [5.74, 6) is 0.773. The van der Waals surface area contributed by atoms with E-state index in [4.69, 9.17) is 9.47 Å². The molecule has 2 aromatic rings. The highest BCUT2D eigenvalue weighted by Gasteiger charge is 2.21. The van der Waals surface area contributed by atoms with E-state index in [1.54, 1.807) is 18.2 Å². The van der Waals surface area contributed by atoms with Crippen LogP contribution in [-0.2, 0) is 10.0 Å². The van der Waals surface area contributed by atoms with E-state index in [2.05, 4.69) is 9.62 Å². The molecule has 1 fully saturated rings. The minimum atomic E-state index is -3.77. The first kappa shape index (κ1) is 17.4. The maximum Gasteiger partial charge on any atom is 0.265 e. The molecule has 25 heavy (non-hydrogen) atoms. The maximum atomic E-state index is 12.8. The molecule has 1 N–H and O–H groups in total. The van der Waals surface area contributed by atoms with Crippen molar-refractivity contribution < 1.29 is 17.9 Å². The van der Waals surface area contributed by atoms with Gasteiger partial charge in [0.05, 0.1) is 19.9 Å². The number of ether oxygens (including phenoxy) is 2. The van der Waals surface area contributed by atoms with Gasteiger partial charge in [0.1, 0.15) is 16.4 Å². The first-order valence-electron chi connectivity index (χ1n) is 8.13. The van der Waals surface area contributed by atoms with Gasteiger partial charge in [-0.25, -0.2) is 8.42 Å². The third-order valence-electron chi connectivity index (χ3n) is 4.23. The van der Waals surface area contributed by atoms with Gasteiger partial charge in [0.25, 0.3) is 10.0 Å². The summed E-state index contributed by atoms with van der Waals surface area (Å²) in [6, 6.07) is 12.1. The Morgan fingerprint density at radius 1 is 1.00 bits per heavy atom. The van der Waals surface area contributed by atoms with Crippen LogP contribution in [0.4, 0.5) is 11.4 Å². The summed E-state index contributed by atoms with van der Waals surface area (Å²) in [6.07, 6.45) is 2.33. The Labute approximate surface area is 148 Å². The van der Waals surface area contributed by atoms with Crippen molar-refractivity contribution in [1.29, 1.82) is 0 Å². The largest absolute Gasteiger partial charge is 0.497 e. The van der Waals surface area contributed by atoms with Crippen molar-refractivity contribution >= 4 is 21.4 Å². The molecule has 0 saturated carbocycles. The summed E-state index contributed by atoms with van der Waals surface area (Å²) in [7, 11) is -0.819. The molecule has 0 radical (unpaired) electrons. The first-order chi connectivity index (χ1) is 12.0. The lowest BCUT2D eigenvalue weighted by Crippen LogP contribution is -2.18. The average molecular weight is 362 g/mol. The van der Waals surface area contributed by atoms with Crippen molar-refractivity contribution in [2.75, 3.05) is 36.9 Å². The molecule has 0 unspecified atom stereocenters. The first-order valence-corrected chi connectivity index (χ1v) is 9.61. The van der Waals surface area contributed by atoms with E-state index in [1.165, 1.54) is 33.1 Å². The van der Waals surface area contributed by atoms with E-state index in [-0.39, 0.29) is 10.6 Å². The molecule has 1 saturated heterocycles. The number of methoxy groups -OCH3 is 2. The van der Waals surface area contributed by atoms with Crippen LogP contribution in [0.25, 0.3) is 0 Å². The van der Waals surface area contributed by atoms with E-state index >= 15 is 0 Å². The van der Waals surface area contributed by atoms with E-state index in [9.17, 15) is 8.42 Å². The van der Waals surface area contributed by atoms with E-state index in [0.717, 1.165) is 18.8 Å². The zero-order chi connectivity index (χ0) is 17.9. The third kappa shape index (κ3) is 3.82. The summed E-state index contributed by atoms with van der Waals surface area (Å²) in [5.41, 5.74) is 1.56. The lowest BCUT2D eigenvalue weighted by atomic mass is 10.2. The topological polar surface area (TPSA) is 67.9 Å². The number of hydrogen-bond donors (Lipinski definition) is 1. The minimum absolute atomic E-state index is 0.0716. The Morgan fingerprint density at radius 2 is 1.76 bits per heavy atom. The van der Waals surface area contributed by atoms with Crippen LogP contribution in [0.15, 0.2) is 47.4 Å². The Bertz CT molecular complexity index is 846. The number of nitrogens with zero attached hydrogens (tertiary/aromatic N) is 1. The Kier molecular flexibility index (Phi) is 5.03. The highest BCUT2D eigenvalue weighted by atomic mass is 32.2. The number of rotatable bonds is 6. The van der Waals surface area contributed by atoms with Crippen LogP contribution in [-0.4, -0.2) is 35.7 Å². The molecular weight excluding hydrogens is 340 g/mol. The molecule has 7 heteroatoms. The number of benzene rings is 2. The zero-order valence-corrected chi connectivity index (χ0v) is 15.2. The predicted molar refractivity (Wildman–Crippen MR) is 98.2 cm³/mol. The van der Waals surface area contributed by atoms with Gasteiger partial charge in [-0.05, 0) is 43.2 Å². The summed E-state index contributed by atoms with van der Waals surface area (Å²) >= 11 is 0. The number of nitrogens with one attached hydrogen (secondary N) is 1. The maximum absolute atomic E-state index is 12.8. The fourth-order valence-corrected chi connectivity index (χ4v) is 4.15. The molecule has 6 nitrogen and oxygen atoms in total. The summed E-state index contributed by atoms with van der Waals surface area (Å²) < 4.78 is 38.5. The monoisotopic (exact) mass is 362 g/mol. The molecule has 1 aliphatic heterocycles. The van der Waals surface area contributed by atoms with Crippen molar-refractivity contribution in [2.24, 2.45) is 0 Å². The fourth-order valence-electron chi connectivity index (χ4n) is 2.95. The number of anilines is 2. The second-order valence-electron chi connectivity index (χ2n) is 5.87. The van der Waals surface area contributed by atoms with Gasteiger partial charge in [-0.3, -0.25) is 4.72 Å². The highest BCUT2D eigenvalue weighted by Crippen LogP contribution is 2.31. The van der Waals surface area contributed by atoms with Gasteiger partial charge in [-0.2, -0.15) is 0 Å². The average Bonchev–Trinajstić information content (AvgIpc) is 3.15. The second-order valence-corrected chi connectivity index (χ2v) is 7.52. The van der Waals surface area contributed by atoms with E-state index in [0.29, 0.717) is 11.4 Å². The molecular formula is C18H22N2O4S. The van der Waals surface area contributed by atoms with E-state index in [1.807, 2.05) is 18.2 Å². The lowest BCUT2D eigenvalue weighted by molar-refractivity contribution is 0.386. The van der Waals surface area contributed by atoms with Gasteiger partial charge in [-0.1, -0.05) is 6.07 Å². The Hall–Kier alpha value is -2.41. The standard InChI is InChI=1S/C18H22N2O4S/c1-23-16-8-9-18(17(13-16)24-2)25(21,22)19-14-6-5-7-15(12-14)20-10-3-4-11-20/h5-9,12-13,19H,3-4,10-11H2,1-2H3. The SMILES string of the molecule is COc1ccc(S(=O)(=O)Nc2cccc(N3CCCC3)c2)c(OC)c1. The molecule has 3 rings (SSSR count). The van der Waals surface area contributed by atoms with Crippen LogP contribution in [0, 0.1) is 0 Å². The molecule has 0 spiro atoms. The predicted octanol–water partition coefficient (Wildman–Crippen LogP) is 3.10. The molecule has 1 heterocycles. The molecule has 0 amide bonds. The van der Waals surface area contributed by atoms with Gasteiger partial charge in [0.15, 0.2) is 0 Å². The van der Waals surface area contributed by atoms with Crippen LogP contribution < -0.4 is 19.1 Å². The molecule has 0 aliphatic carbocycles. The van der Waals surface area contributed by atoms with Crippen molar-refractivity contribution in [1.82, 2.24) is 0 Å². The Balaban J connectivity index is 1.88. The summed E-state index contributed by atoms with van der Waals surface area (Å²) in [5, 5.41) is 0. The summed E-state index contributed by atoms with van der Waals surface area (Å²) in [4.78, 5) is 2.33. The van der Waals surface area contributed by atoms with E-state index < -0.39 is 10.0 Å². The summed E-state index contributed by atoms with van der Waals surface area (Å²) in [6.45, 7) is 2.00. The van der Waals surface area contributed by atoms with Gasteiger partial charge >= 0.3 is 0 Å². The van der Waals surface area contributed by atoms with Crippen molar-refractivity contribution in [3.05, 3.63) is 42.5 Å². The van der Waals surface area contributed by atoms with Crippen LogP contribution in [0.1, 0.15) is 12.8 Å². The molecule has 1 aliphatic rings. The van der Waals surface area contributed by atoms with Crippen molar-refractivity contribution in [3.8, 4) is 11.5 Å². The van der Waals surface area contributed by atoms with Gasteiger partial charge in [-0.15, -0.1) is 0 Å². The zero-order valence-electron chi connectivity index (χ0n) is 14.4. The second kappa shape index (κ2) is 7.23. The molecule has 0 bridgehead atoms. The molecule has 0 aromatic heterocycles. The quantitative estimate of drug-likeness (QED) is 0.855. The highest BCUT2D eigenvalue weighted by molar-refractivity contribution is 7.92. The van der Waals surface area contributed by atoms with Crippen molar-refractivity contribution in [3.63, 3.8) is 0 Å². The van der Waals surface area contributed by atoms with Gasteiger partial charge < -0.3 is 14.4 Å². The minimum Gasteiger partial charge on any atom is -0.497 e. The van der Waals surface area contributed by atoms with Crippen LogP contribution in [0.3, 0.4) is 0 Å². The lowest BCUT2D eigenvalue weighted by Gasteiger charge is -2.19. The molecule has 2 aromatic carbocycles. The van der Waals surface area contributed by atoms with Crippen LogP contribution in [0.5, 0.6) is 11.5 Å². The van der Waals surface area contributed by atoms with Gasteiger partial charge in [0, 0.05) is 24.8 Å². The normalized spacial score (nSPS) is 14.4. The molecule has 0 atom stereocenters. The van der Waals surface area contributed by atoms with Gasteiger partial charge in [0.2, 0.25) is 0 Å². The third-order valence-corrected chi connectivity index (χ3v) is 5.65. The number of sulfonamides is 1. The van der Waals surface area contributed by atoms with Crippen molar-refractivity contribution in [2.45, 2.75) is 17.7 Å². The number of hydrogen-bond acceptors (Lipinski definition) is 5. The van der Waals surface area contributed by atoms with Crippen LogP contribution in [0.2, 0.25) is 0 Å².